The number of carbonyl (C=O) groups is 2. The Morgan fingerprint density at radius 2 is 1.74 bits per heavy atom. The molecule has 2 aromatic carbocycles. The van der Waals surface area contributed by atoms with Crippen molar-refractivity contribution >= 4 is 35.5 Å². The second-order valence-corrected chi connectivity index (χ2v) is 10.5. The summed E-state index contributed by atoms with van der Waals surface area (Å²) in [7, 11) is 1.85. The van der Waals surface area contributed by atoms with E-state index in [1.54, 1.807) is 6.07 Å². The zero-order chi connectivity index (χ0) is 24.0. The molecule has 2 aliphatic heterocycles. The third-order valence-electron chi connectivity index (χ3n) is 7.20. The molecule has 1 amide bonds. The fourth-order valence-corrected chi connectivity index (χ4v) is 5.92. The molecule has 0 aromatic heterocycles. The summed E-state index contributed by atoms with van der Waals surface area (Å²) >= 11 is 1.82. The van der Waals surface area contributed by atoms with Gasteiger partial charge in [0.1, 0.15) is 6.29 Å². The molecular formula is C26H35N5O2S. The molecular weight excluding hydrogens is 446 g/mol. The molecule has 2 heterocycles. The molecule has 7 nitrogen and oxygen atoms in total. The summed E-state index contributed by atoms with van der Waals surface area (Å²) < 4.78 is 2.45. The number of aldehydes is 1. The average Bonchev–Trinajstić information content (AvgIpc) is 2.86. The van der Waals surface area contributed by atoms with E-state index in [1.807, 2.05) is 48.2 Å². The fraction of sp³-hybridized carbons (Fsp3) is 0.462. The van der Waals surface area contributed by atoms with Crippen molar-refractivity contribution in [3.05, 3.63) is 53.6 Å². The van der Waals surface area contributed by atoms with Gasteiger partial charge >= 0.3 is 0 Å². The lowest BCUT2D eigenvalue weighted by Crippen LogP contribution is -2.48. The third kappa shape index (κ3) is 5.92. The van der Waals surface area contributed by atoms with E-state index in [9.17, 15) is 9.59 Å². The molecule has 4 rings (SSSR count). The first-order valence-corrected chi connectivity index (χ1v) is 12.8. The zero-order valence-electron chi connectivity index (χ0n) is 19.9. The van der Waals surface area contributed by atoms with Crippen LogP contribution in [0.3, 0.4) is 0 Å². The number of nitrogens with one attached hydrogen (secondary N) is 2. The fourth-order valence-electron chi connectivity index (χ4n) is 5.00. The number of anilines is 2. The smallest absolute Gasteiger partial charge is 0.241 e. The van der Waals surface area contributed by atoms with E-state index in [0.29, 0.717) is 17.5 Å². The van der Waals surface area contributed by atoms with Crippen LogP contribution in [0.1, 0.15) is 41.6 Å². The first-order valence-electron chi connectivity index (χ1n) is 12.0. The van der Waals surface area contributed by atoms with Gasteiger partial charge in [0.15, 0.2) is 0 Å². The number of nitrogens with zero attached hydrogens (tertiary/aromatic N) is 2. The maximum absolute atomic E-state index is 12.9. The molecule has 0 atom stereocenters. The van der Waals surface area contributed by atoms with Crippen molar-refractivity contribution in [2.45, 2.75) is 37.1 Å². The number of amides is 1. The molecule has 2 fully saturated rings. The zero-order valence-corrected chi connectivity index (χ0v) is 20.7. The second-order valence-electron chi connectivity index (χ2n) is 9.35. The van der Waals surface area contributed by atoms with Crippen LogP contribution in [0, 0.1) is 5.41 Å². The van der Waals surface area contributed by atoms with Crippen molar-refractivity contribution in [1.29, 1.82) is 0 Å². The largest absolute Gasteiger partial charge is 0.399 e. The number of rotatable bonds is 8. The molecule has 0 bridgehead atoms. The first kappa shape index (κ1) is 24.6. The predicted octanol–water partition coefficient (Wildman–Crippen LogP) is 3.62. The molecule has 2 aliphatic rings. The van der Waals surface area contributed by atoms with Crippen molar-refractivity contribution in [3.63, 3.8) is 0 Å². The number of hydrogen-bond donors (Lipinski definition) is 3. The minimum atomic E-state index is 0.123. The summed E-state index contributed by atoms with van der Waals surface area (Å²) in [6, 6.07) is 13.6. The molecule has 34 heavy (non-hydrogen) atoms. The van der Waals surface area contributed by atoms with E-state index in [1.165, 1.54) is 17.7 Å². The summed E-state index contributed by atoms with van der Waals surface area (Å²) in [5.74, 6) is 0.123. The SMILES string of the molecule is CNCc1c(C=O)cccc1NCC(=O)N1CCC2(CCN(Sc3ccc(N)cc3)CC2)CC1. The predicted molar refractivity (Wildman–Crippen MR) is 139 cm³/mol. The Balaban J connectivity index is 1.24. The van der Waals surface area contributed by atoms with Gasteiger partial charge < -0.3 is 21.3 Å². The lowest BCUT2D eigenvalue weighted by Gasteiger charge is -2.46. The molecule has 182 valence electrons. The summed E-state index contributed by atoms with van der Waals surface area (Å²) in [5, 5.41) is 6.36. The topological polar surface area (TPSA) is 90.7 Å². The van der Waals surface area contributed by atoms with Crippen LogP contribution >= 0.6 is 11.9 Å². The van der Waals surface area contributed by atoms with Crippen molar-refractivity contribution in [2.24, 2.45) is 5.41 Å². The Bertz CT molecular complexity index is 979. The number of piperidine rings is 2. The molecule has 2 saturated heterocycles. The highest BCUT2D eigenvalue weighted by molar-refractivity contribution is 7.97. The average molecular weight is 482 g/mol. The number of carbonyl (C=O) groups excluding carboxylic acids is 2. The van der Waals surface area contributed by atoms with Crippen molar-refractivity contribution < 1.29 is 9.59 Å². The second kappa shape index (κ2) is 11.3. The van der Waals surface area contributed by atoms with Gasteiger partial charge in [-0.15, -0.1) is 0 Å². The van der Waals surface area contributed by atoms with Crippen LogP contribution in [-0.2, 0) is 11.3 Å². The van der Waals surface area contributed by atoms with Gasteiger partial charge in [-0.1, -0.05) is 12.1 Å². The number of benzene rings is 2. The van der Waals surface area contributed by atoms with E-state index < -0.39 is 0 Å². The standard InChI is InChI=1S/C26H35N5O2S/c1-28-17-23-20(19-32)3-2-4-24(23)29-18-25(33)30-13-9-26(10-14-30)11-15-31(16-12-26)34-22-7-5-21(27)6-8-22/h2-8,19,28-29H,9-18,27H2,1H3. The summed E-state index contributed by atoms with van der Waals surface area (Å²) in [5.41, 5.74) is 9.34. The van der Waals surface area contributed by atoms with Crippen LogP contribution in [0.4, 0.5) is 11.4 Å². The highest BCUT2D eigenvalue weighted by atomic mass is 32.2. The molecule has 0 saturated carbocycles. The van der Waals surface area contributed by atoms with Gasteiger partial charge in [-0.2, -0.15) is 0 Å². The highest BCUT2D eigenvalue weighted by Crippen LogP contribution is 2.43. The van der Waals surface area contributed by atoms with Gasteiger partial charge in [-0.05, 0) is 86.0 Å². The molecule has 4 N–H and O–H groups in total. The summed E-state index contributed by atoms with van der Waals surface area (Å²) in [4.78, 5) is 27.5. The van der Waals surface area contributed by atoms with E-state index in [4.69, 9.17) is 5.73 Å². The Kier molecular flexibility index (Phi) is 8.13. The Morgan fingerprint density at radius 3 is 2.38 bits per heavy atom. The van der Waals surface area contributed by atoms with Crippen LogP contribution in [0.2, 0.25) is 0 Å². The Hall–Kier alpha value is -2.55. The molecule has 0 unspecified atom stereocenters. The lowest BCUT2D eigenvalue weighted by molar-refractivity contribution is -0.132. The monoisotopic (exact) mass is 481 g/mol. The van der Waals surface area contributed by atoms with Gasteiger partial charge in [0.05, 0.1) is 6.54 Å². The van der Waals surface area contributed by atoms with Crippen LogP contribution in [0.5, 0.6) is 0 Å². The maximum Gasteiger partial charge on any atom is 0.241 e. The normalized spacial score (nSPS) is 18.1. The first-order chi connectivity index (χ1) is 16.5. The van der Waals surface area contributed by atoms with Crippen LogP contribution < -0.4 is 16.4 Å². The lowest BCUT2D eigenvalue weighted by atomic mass is 9.71. The van der Waals surface area contributed by atoms with Crippen molar-refractivity contribution in [2.75, 3.05) is 50.8 Å². The summed E-state index contributed by atoms with van der Waals surface area (Å²) in [6.07, 6.45) is 5.38. The van der Waals surface area contributed by atoms with E-state index in [2.05, 4.69) is 27.1 Å². The number of hydrogen-bond acceptors (Lipinski definition) is 7. The van der Waals surface area contributed by atoms with Gasteiger partial charge in [-0.3, -0.25) is 9.59 Å². The van der Waals surface area contributed by atoms with Gasteiger partial charge in [0.25, 0.3) is 0 Å². The third-order valence-corrected chi connectivity index (χ3v) is 8.30. The minimum Gasteiger partial charge on any atom is -0.399 e. The Morgan fingerprint density at radius 1 is 1.06 bits per heavy atom. The van der Waals surface area contributed by atoms with Crippen LogP contribution in [-0.4, -0.2) is 61.2 Å². The quantitative estimate of drug-likeness (QED) is 0.301. The van der Waals surface area contributed by atoms with Gasteiger partial charge in [-0.25, -0.2) is 4.31 Å². The van der Waals surface area contributed by atoms with Crippen LogP contribution in [0.25, 0.3) is 0 Å². The molecule has 0 aliphatic carbocycles. The maximum atomic E-state index is 12.9. The van der Waals surface area contributed by atoms with E-state index >= 15 is 0 Å². The number of nitrogens with two attached hydrogens (primary N) is 1. The van der Waals surface area contributed by atoms with E-state index in [0.717, 1.165) is 62.2 Å². The molecule has 0 radical (unpaired) electrons. The minimum absolute atomic E-state index is 0.123. The summed E-state index contributed by atoms with van der Waals surface area (Å²) in [6.45, 7) is 4.62. The number of nitrogen functional groups attached to an aromatic ring is 1. The molecule has 1 spiro atoms. The number of likely N-dealkylation sites (tertiary alicyclic amines) is 1. The molecule has 8 heteroatoms. The van der Waals surface area contributed by atoms with Crippen LogP contribution in [0.15, 0.2) is 47.4 Å². The van der Waals surface area contributed by atoms with Crippen molar-refractivity contribution in [1.82, 2.24) is 14.5 Å². The van der Waals surface area contributed by atoms with E-state index in [-0.39, 0.29) is 12.5 Å². The highest BCUT2D eigenvalue weighted by Gasteiger charge is 2.38. The Labute approximate surface area is 206 Å². The van der Waals surface area contributed by atoms with Crippen molar-refractivity contribution in [3.8, 4) is 0 Å². The van der Waals surface area contributed by atoms with Gasteiger partial charge in [0.2, 0.25) is 5.91 Å². The van der Waals surface area contributed by atoms with Gasteiger partial charge in [0, 0.05) is 54.6 Å². The molecule has 2 aromatic rings.